The van der Waals surface area contributed by atoms with Crippen molar-refractivity contribution in [3.63, 3.8) is 0 Å². The maximum atomic E-state index is 4.71. The molecule has 0 spiro atoms. The summed E-state index contributed by atoms with van der Waals surface area (Å²) in [5.41, 5.74) is 2.35. The molecule has 0 radical (unpaired) electrons. The second-order valence-electron chi connectivity index (χ2n) is 6.33. The van der Waals surface area contributed by atoms with E-state index in [1.165, 1.54) is 36.8 Å². The number of nitrogens with zero attached hydrogens (tertiary/aromatic N) is 4. The van der Waals surface area contributed by atoms with Crippen LogP contribution >= 0.6 is 0 Å². The zero-order valence-corrected chi connectivity index (χ0v) is 12.8. The lowest BCUT2D eigenvalue weighted by molar-refractivity contribution is 0.914. The summed E-state index contributed by atoms with van der Waals surface area (Å²) < 4.78 is 0. The number of anilines is 2. The summed E-state index contributed by atoms with van der Waals surface area (Å²) in [7, 11) is 2.19. The van der Waals surface area contributed by atoms with E-state index in [0.29, 0.717) is 0 Å². The molecule has 0 unspecified atom stereocenters. The van der Waals surface area contributed by atoms with Gasteiger partial charge in [-0.05, 0) is 50.8 Å². The second kappa shape index (κ2) is 4.86. The van der Waals surface area contributed by atoms with Crippen molar-refractivity contribution in [2.24, 2.45) is 0 Å². The number of hydrogen-bond donors (Lipinski definition) is 0. The normalized spacial score (nSPS) is 18.5. The summed E-state index contributed by atoms with van der Waals surface area (Å²) >= 11 is 0. The van der Waals surface area contributed by atoms with Gasteiger partial charge in [0, 0.05) is 37.3 Å². The Labute approximate surface area is 125 Å². The molecule has 2 fully saturated rings. The van der Waals surface area contributed by atoms with Crippen molar-refractivity contribution in [1.82, 2.24) is 9.97 Å². The van der Waals surface area contributed by atoms with E-state index in [4.69, 9.17) is 4.98 Å². The molecule has 0 amide bonds. The zero-order valence-electron chi connectivity index (χ0n) is 12.8. The third kappa shape index (κ3) is 2.33. The highest BCUT2D eigenvalue weighted by Crippen LogP contribution is 2.33. The molecule has 0 N–H and O–H groups in total. The van der Waals surface area contributed by atoms with Crippen molar-refractivity contribution in [2.45, 2.75) is 38.6 Å². The molecule has 1 aliphatic carbocycles. The highest BCUT2D eigenvalue weighted by molar-refractivity contribution is 5.92. The first-order chi connectivity index (χ1) is 10.2. The molecule has 1 aromatic carbocycles. The number of rotatable bonds is 3. The van der Waals surface area contributed by atoms with E-state index < -0.39 is 0 Å². The molecule has 0 bridgehead atoms. The number of aromatic nitrogens is 2. The Hall–Kier alpha value is -1.84. The average molecular weight is 282 g/mol. The third-order valence-corrected chi connectivity index (χ3v) is 4.68. The summed E-state index contributed by atoms with van der Waals surface area (Å²) in [5.74, 6) is 1.99. The molecule has 0 atom stereocenters. The topological polar surface area (TPSA) is 32.3 Å². The fraction of sp³-hybridized carbons (Fsp3) is 0.529. The van der Waals surface area contributed by atoms with Crippen molar-refractivity contribution in [3.8, 4) is 0 Å². The highest BCUT2D eigenvalue weighted by Gasteiger charge is 2.26. The summed E-state index contributed by atoms with van der Waals surface area (Å²) in [6, 6.07) is 7.38. The van der Waals surface area contributed by atoms with E-state index in [-0.39, 0.29) is 0 Å². The fourth-order valence-corrected chi connectivity index (χ4v) is 3.28. The molecule has 110 valence electrons. The van der Waals surface area contributed by atoms with Gasteiger partial charge in [0.15, 0.2) is 0 Å². The SMILES string of the molecule is Cc1nc(N2CCCC2)c2ccc(N(C)C3CC3)cc2n1. The number of benzene rings is 1. The Morgan fingerprint density at radius 3 is 2.62 bits per heavy atom. The van der Waals surface area contributed by atoms with Gasteiger partial charge in [-0.2, -0.15) is 0 Å². The van der Waals surface area contributed by atoms with Gasteiger partial charge >= 0.3 is 0 Å². The van der Waals surface area contributed by atoms with Gasteiger partial charge in [0.05, 0.1) is 5.52 Å². The zero-order chi connectivity index (χ0) is 14.4. The Morgan fingerprint density at radius 2 is 1.90 bits per heavy atom. The molecule has 1 saturated heterocycles. The second-order valence-corrected chi connectivity index (χ2v) is 6.33. The Bertz CT molecular complexity index is 672. The van der Waals surface area contributed by atoms with Crippen LogP contribution in [0.15, 0.2) is 18.2 Å². The van der Waals surface area contributed by atoms with E-state index in [1.54, 1.807) is 0 Å². The average Bonchev–Trinajstić information content (AvgIpc) is 3.19. The van der Waals surface area contributed by atoms with Crippen LogP contribution in [-0.2, 0) is 0 Å². The van der Waals surface area contributed by atoms with Gasteiger partial charge in [0.2, 0.25) is 0 Å². The molecular weight excluding hydrogens is 260 g/mol. The third-order valence-electron chi connectivity index (χ3n) is 4.68. The number of aryl methyl sites for hydroxylation is 1. The monoisotopic (exact) mass is 282 g/mol. The molecule has 4 nitrogen and oxygen atoms in total. The molecule has 1 saturated carbocycles. The van der Waals surface area contributed by atoms with Crippen LogP contribution in [0.1, 0.15) is 31.5 Å². The van der Waals surface area contributed by atoms with Crippen molar-refractivity contribution in [3.05, 3.63) is 24.0 Å². The fourth-order valence-electron chi connectivity index (χ4n) is 3.28. The predicted molar refractivity (Wildman–Crippen MR) is 87.1 cm³/mol. The molecule has 1 aromatic heterocycles. The van der Waals surface area contributed by atoms with E-state index in [0.717, 1.165) is 36.3 Å². The summed E-state index contributed by atoms with van der Waals surface area (Å²) in [6.07, 6.45) is 5.17. The maximum Gasteiger partial charge on any atom is 0.140 e. The minimum atomic E-state index is 0.725. The van der Waals surface area contributed by atoms with E-state index in [2.05, 4.69) is 40.0 Å². The lowest BCUT2D eigenvalue weighted by atomic mass is 10.2. The van der Waals surface area contributed by atoms with Gasteiger partial charge in [-0.25, -0.2) is 9.97 Å². The quantitative estimate of drug-likeness (QED) is 0.865. The molecule has 21 heavy (non-hydrogen) atoms. The molecule has 2 aromatic rings. The van der Waals surface area contributed by atoms with Crippen molar-refractivity contribution in [2.75, 3.05) is 29.9 Å². The van der Waals surface area contributed by atoms with Gasteiger partial charge in [-0.1, -0.05) is 0 Å². The molecule has 2 aliphatic rings. The maximum absolute atomic E-state index is 4.71. The first kappa shape index (κ1) is 12.9. The highest BCUT2D eigenvalue weighted by atomic mass is 15.2. The Morgan fingerprint density at radius 1 is 1.14 bits per heavy atom. The van der Waals surface area contributed by atoms with Gasteiger partial charge in [0.25, 0.3) is 0 Å². The van der Waals surface area contributed by atoms with Gasteiger partial charge < -0.3 is 9.80 Å². The number of hydrogen-bond acceptors (Lipinski definition) is 4. The lowest BCUT2D eigenvalue weighted by Crippen LogP contribution is -2.21. The molecule has 2 heterocycles. The van der Waals surface area contributed by atoms with Crippen LogP contribution in [0.2, 0.25) is 0 Å². The minimum absolute atomic E-state index is 0.725. The van der Waals surface area contributed by atoms with Crippen LogP contribution in [0.4, 0.5) is 11.5 Å². The molecule has 4 rings (SSSR count). The first-order valence-corrected chi connectivity index (χ1v) is 7.98. The van der Waals surface area contributed by atoms with Gasteiger partial charge in [-0.15, -0.1) is 0 Å². The smallest absolute Gasteiger partial charge is 0.140 e. The first-order valence-electron chi connectivity index (χ1n) is 7.98. The number of fused-ring (bicyclic) bond motifs is 1. The Kier molecular flexibility index (Phi) is 2.98. The van der Waals surface area contributed by atoms with Crippen LogP contribution in [0.3, 0.4) is 0 Å². The largest absolute Gasteiger partial charge is 0.372 e. The summed E-state index contributed by atoms with van der Waals surface area (Å²) in [6.45, 7) is 4.24. The van der Waals surface area contributed by atoms with E-state index in [1.807, 2.05) is 6.92 Å². The summed E-state index contributed by atoms with van der Waals surface area (Å²) in [4.78, 5) is 14.2. The van der Waals surface area contributed by atoms with Gasteiger partial charge in [-0.3, -0.25) is 0 Å². The van der Waals surface area contributed by atoms with Crippen LogP contribution in [-0.4, -0.2) is 36.1 Å². The van der Waals surface area contributed by atoms with Crippen LogP contribution < -0.4 is 9.80 Å². The van der Waals surface area contributed by atoms with Crippen LogP contribution in [0.5, 0.6) is 0 Å². The van der Waals surface area contributed by atoms with Crippen LogP contribution in [0, 0.1) is 6.92 Å². The van der Waals surface area contributed by atoms with Crippen molar-refractivity contribution in [1.29, 1.82) is 0 Å². The van der Waals surface area contributed by atoms with Crippen LogP contribution in [0.25, 0.3) is 10.9 Å². The van der Waals surface area contributed by atoms with E-state index in [9.17, 15) is 0 Å². The Balaban J connectivity index is 1.80. The molecule has 4 heteroatoms. The summed E-state index contributed by atoms with van der Waals surface area (Å²) in [5, 5.41) is 1.19. The van der Waals surface area contributed by atoms with Crippen molar-refractivity contribution < 1.29 is 0 Å². The van der Waals surface area contributed by atoms with Gasteiger partial charge in [0.1, 0.15) is 11.6 Å². The lowest BCUT2D eigenvalue weighted by Gasteiger charge is -2.21. The molecular formula is C17H22N4. The van der Waals surface area contributed by atoms with E-state index >= 15 is 0 Å². The standard InChI is InChI=1S/C17H22N4/c1-12-18-16-11-14(20(2)13-5-6-13)7-8-15(16)17(19-12)21-9-3-4-10-21/h7-8,11,13H,3-6,9-10H2,1-2H3. The minimum Gasteiger partial charge on any atom is -0.372 e. The molecule has 1 aliphatic heterocycles. The predicted octanol–water partition coefficient (Wildman–Crippen LogP) is 3.14. The van der Waals surface area contributed by atoms with Crippen molar-refractivity contribution >= 4 is 22.4 Å².